The maximum Gasteiger partial charge on any atom is 0.237 e. The Morgan fingerprint density at radius 2 is 1.95 bits per heavy atom. The van der Waals surface area contributed by atoms with E-state index < -0.39 is 9.84 Å². The molecule has 2 aliphatic heterocycles. The van der Waals surface area contributed by atoms with Gasteiger partial charge in [0.05, 0.1) is 17.0 Å². The molecule has 0 unspecified atom stereocenters. The van der Waals surface area contributed by atoms with E-state index in [-0.39, 0.29) is 29.5 Å². The van der Waals surface area contributed by atoms with Crippen LogP contribution in [0.2, 0.25) is 0 Å². The highest BCUT2D eigenvalue weighted by Crippen LogP contribution is 2.33. The van der Waals surface area contributed by atoms with Crippen molar-refractivity contribution in [1.82, 2.24) is 10.6 Å². The first-order valence-corrected chi connectivity index (χ1v) is 9.53. The summed E-state index contributed by atoms with van der Waals surface area (Å²) in [4.78, 5) is 12.2. The van der Waals surface area contributed by atoms with E-state index in [9.17, 15) is 13.2 Å². The third-order valence-corrected chi connectivity index (χ3v) is 7.42. The maximum absolute atomic E-state index is 12.2. The summed E-state index contributed by atoms with van der Waals surface area (Å²) in [7, 11) is -2.96. The predicted octanol–water partition coefficient (Wildman–Crippen LogP) is 0.600. The van der Waals surface area contributed by atoms with Crippen molar-refractivity contribution in [3.8, 4) is 0 Å². The van der Waals surface area contributed by atoms with Gasteiger partial charge in [0, 0.05) is 12.6 Å². The molecule has 3 aliphatic rings. The topological polar surface area (TPSA) is 75.3 Å². The highest BCUT2D eigenvalue weighted by Gasteiger charge is 2.39. The van der Waals surface area contributed by atoms with Crippen LogP contribution in [0.5, 0.6) is 0 Å². The van der Waals surface area contributed by atoms with Gasteiger partial charge in [-0.05, 0) is 38.0 Å². The van der Waals surface area contributed by atoms with Crippen molar-refractivity contribution in [1.29, 1.82) is 0 Å². The van der Waals surface area contributed by atoms with E-state index in [0.29, 0.717) is 18.4 Å². The lowest BCUT2D eigenvalue weighted by Gasteiger charge is -2.24. The molecule has 1 amide bonds. The van der Waals surface area contributed by atoms with Gasteiger partial charge in [0.15, 0.2) is 9.84 Å². The van der Waals surface area contributed by atoms with Crippen LogP contribution in [0.15, 0.2) is 0 Å². The van der Waals surface area contributed by atoms with Crippen molar-refractivity contribution >= 4 is 15.7 Å². The Balaban J connectivity index is 1.50. The smallest absolute Gasteiger partial charge is 0.237 e. The van der Waals surface area contributed by atoms with Crippen LogP contribution in [0.25, 0.3) is 0 Å². The zero-order valence-corrected chi connectivity index (χ0v) is 12.6. The van der Waals surface area contributed by atoms with E-state index in [0.717, 1.165) is 12.8 Å². The summed E-state index contributed by atoms with van der Waals surface area (Å²) < 4.78 is 23.5. The Kier molecular flexibility index (Phi) is 4.04. The fourth-order valence-electron chi connectivity index (χ4n) is 3.95. The van der Waals surface area contributed by atoms with Crippen molar-refractivity contribution in [2.75, 3.05) is 12.3 Å². The number of amides is 1. The average Bonchev–Trinajstić information content (AvgIpc) is 2.98. The largest absolute Gasteiger partial charge is 0.353 e. The fraction of sp³-hybridized carbons (Fsp3) is 0.929. The van der Waals surface area contributed by atoms with E-state index in [1.165, 1.54) is 25.7 Å². The lowest BCUT2D eigenvalue weighted by atomic mass is 9.85. The number of fused-ring (bicyclic) bond motifs is 1. The zero-order chi connectivity index (χ0) is 14.2. The molecule has 3 fully saturated rings. The summed E-state index contributed by atoms with van der Waals surface area (Å²) in [6.45, 7) is 0.286. The maximum atomic E-state index is 12.2. The first-order chi connectivity index (χ1) is 9.56. The SMILES string of the molecule is O=C(NC[C@@H]1CCCS1(=O)=O)[C@@H]1C[C@H]2CCCC[C@@H]2N1. The monoisotopic (exact) mass is 300 g/mol. The summed E-state index contributed by atoms with van der Waals surface area (Å²) in [6, 6.07) is 0.377. The normalized spacial score (nSPS) is 39.4. The summed E-state index contributed by atoms with van der Waals surface area (Å²) >= 11 is 0. The molecule has 1 aliphatic carbocycles. The number of hydrogen-bond acceptors (Lipinski definition) is 4. The third kappa shape index (κ3) is 2.86. The van der Waals surface area contributed by atoms with Gasteiger partial charge in [0.2, 0.25) is 5.91 Å². The van der Waals surface area contributed by atoms with Gasteiger partial charge in [-0.25, -0.2) is 8.42 Å². The van der Waals surface area contributed by atoms with Crippen LogP contribution in [0, 0.1) is 5.92 Å². The van der Waals surface area contributed by atoms with E-state index in [4.69, 9.17) is 0 Å². The lowest BCUT2D eigenvalue weighted by Crippen LogP contribution is -2.45. The van der Waals surface area contributed by atoms with Gasteiger partial charge >= 0.3 is 0 Å². The van der Waals surface area contributed by atoms with Crippen molar-refractivity contribution in [2.45, 2.75) is 62.3 Å². The van der Waals surface area contributed by atoms with Gasteiger partial charge in [-0.1, -0.05) is 12.8 Å². The minimum Gasteiger partial charge on any atom is -0.353 e. The van der Waals surface area contributed by atoms with Gasteiger partial charge in [-0.15, -0.1) is 0 Å². The molecule has 0 spiro atoms. The number of hydrogen-bond donors (Lipinski definition) is 2. The van der Waals surface area contributed by atoms with Crippen LogP contribution in [0.1, 0.15) is 44.9 Å². The second kappa shape index (κ2) is 5.64. The highest BCUT2D eigenvalue weighted by atomic mass is 32.2. The second-order valence-corrected chi connectivity index (χ2v) is 8.88. The number of sulfone groups is 1. The molecule has 2 saturated heterocycles. The fourth-order valence-corrected chi connectivity index (χ4v) is 5.71. The van der Waals surface area contributed by atoms with Crippen LogP contribution in [0.3, 0.4) is 0 Å². The Labute approximate surface area is 120 Å². The molecule has 4 atom stereocenters. The van der Waals surface area contributed by atoms with E-state index in [1.807, 2.05) is 0 Å². The molecule has 0 bridgehead atoms. The molecule has 6 heteroatoms. The summed E-state index contributed by atoms with van der Waals surface area (Å²) in [6.07, 6.45) is 7.25. The first-order valence-electron chi connectivity index (χ1n) is 7.81. The quantitative estimate of drug-likeness (QED) is 0.800. The van der Waals surface area contributed by atoms with Gasteiger partial charge < -0.3 is 10.6 Å². The van der Waals surface area contributed by atoms with Crippen LogP contribution in [-0.2, 0) is 14.6 Å². The lowest BCUT2D eigenvalue weighted by molar-refractivity contribution is -0.122. The molecule has 0 aromatic carbocycles. The predicted molar refractivity (Wildman–Crippen MR) is 77.1 cm³/mol. The van der Waals surface area contributed by atoms with Crippen molar-refractivity contribution in [3.05, 3.63) is 0 Å². The molecule has 20 heavy (non-hydrogen) atoms. The van der Waals surface area contributed by atoms with Crippen molar-refractivity contribution in [3.63, 3.8) is 0 Å². The Morgan fingerprint density at radius 3 is 2.65 bits per heavy atom. The highest BCUT2D eigenvalue weighted by molar-refractivity contribution is 7.92. The molecule has 2 N–H and O–H groups in total. The minimum absolute atomic E-state index is 0.0125. The average molecular weight is 300 g/mol. The zero-order valence-electron chi connectivity index (χ0n) is 11.8. The molecule has 0 radical (unpaired) electrons. The van der Waals surface area contributed by atoms with E-state index in [1.54, 1.807) is 0 Å². The molecule has 0 aromatic heterocycles. The van der Waals surface area contributed by atoms with E-state index in [2.05, 4.69) is 10.6 Å². The third-order valence-electron chi connectivity index (χ3n) is 5.15. The molecule has 0 aromatic rings. The van der Waals surface area contributed by atoms with Crippen molar-refractivity contribution in [2.24, 2.45) is 5.92 Å². The number of carbonyl (C=O) groups excluding carboxylic acids is 1. The van der Waals surface area contributed by atoms with Crippen LogP contribution in [0.4, 0.5) is 0 Å². The summed E-state index contributed by atoms with van der Waals surface area (Å²) in [5.74, 6) is 0.899. The van der Waals surface area contributed by atoms with Gasteiger partial charge in [-0.2, -0.15) is 0 Å². The summed E-state index contributed by atoms with van der Waals surface area (Å²) in [5.41, 5.74) is 0. The standard InChI is InChI=1S/C14H24N2O3S/c17-14(15-9-11-5-3-7-20(11,18)19)13-8-10-4-1-2-6-12(10)16-13/h10-13,16H,1-9H2,(H,15,17)/t10-,11+,12+,13+/m1/s1. The second-order valence-electron chi connectivity index (χ2n) is 6.48. The molecule has 114 valence electrons. The molecule has 3 rings (SSSR count). The number of nitrogens with one attached hydrogen (secondary N) is 2. The van der Waals surface area contributed by atoms with Gasteiger partial charge in [-0.3, -0.25) is 4.79 Å². The minimum atomic E-state index is -2.96. The molecular weight excluding hydrogens is 276 g/mol. The van der Waals surface area contributed by atoms with Crippen molar-refractivity contribution < 1.29 is 13.2 Å². The van der Waals surface area contributed by atoms with Crippen LogP contribution in [-0.4, -0.2) is 44.0 Å². The molecule has 1 saturated carbocycles. The van der Waals surface area contributed by atoms with Crippen LogP contribution < -0.4 is 10.6 Å². The molecule has 5 nitrogen and oxygen atoms in total. The van der Waals surface area contributed by atoms with Crippen LogP contribution >= 0.6 is 0 Å². The molecule has 2 heterocycles. The number of rotatable bonds is 3. The Morgan fingerprint density at radius 1 is 1.15 bits per heavy atom. The van der Waals surface area contributed by atoms with E-state index >= 15 is 0 Å². The Bertz CT molecular complexity index is 463. The number of carbonyl (C=O) groups is 1. The van der Waals surface area contributed by atoms with Gasteiger partial charge in [0.25, 0.3) is 0 Å². The Hall–Kier alpha value is -0.620. The summed E-state index contributed by atoms with van der Waals surface area (Å²) in [5, 5.41) is 5.91. The molecular formula is C14H24N2O3S. The van der Waals surface area contributed by atoms with Gasteiger partial charge in [0.1, 0.15) is 0 Å². The first kappa shape index (κ1) is 14.3.